The van der Waals surface area contributed by atoms with Crippen molar-refractivity contribution >= 4 is 28.7 Å². The number of anilines is 2. The van der Waals surface area contributed by atoms with E-state index in [-0.39, 0.29) is 23.3 Å². The minimum absolute atomic E-state index is 0.0773. The summed E-state index contributed by atoms with van der Waals surface area (Å²) in [5.74, 6) is -0.189. The number of aliphatic hydroxyl groups is 1. The number of halogens is 2. The van der Waals surface area contributed by atoms with Crippen molar-refractivity contribution in [2.45, 2.75) is 0 Å². The number of aliphatic hydroxyl groups excluding tert-OH is 1. The highest BCUT2D eigenvalue weighted by Crippen LogP contribution is 2.27. The molecule has 0 radical (unpaired) electrons. The maximum atomic E-state index is 12.3. The van der Waals surface area contributed by atoms with Crippen LogP contribution in [0.25, 0.3) is 0 Å². The van der Waals surface area contributed by atoms with Crippen LogP contribution in [0, 0.1) is 15.9 Å². The molecular formula is C15H17ClFN3O3. The number of nitro benzene ring substituents is 1. The van der Waals surface area contributed by atoms with Gasteiger partial charge in [0.05, 0.1) is 4.92 Å². The first kappa shape index (κ1) is 18.7. The van der Waals surface area contributed by atoms with Crippen LogP contribution >= 0.6 is 11.6 Å². The minimum atomic E-state index is -0.578. The van der Waals surface area contributed by atoms with E-state index in [9.17, 15) is 14.5 Å². The molecule has 2 N–H and O–H groups in total. The molecule has 23 heavy (non-hydrogen) atoms. The van der Waals surface area contributed by atoms with E-state index in [0.29, 0.717) is 5.69 Å². The van der Waals surface area contributed by atoms with Gasteiger partial charge in [-0.25, -0.2) is 4.39 Å². The van der Waals surface area contributed by atoms with Crippen molar-refractivity contribution in [2.75, 3.05) is 31.0 Å². The number of benzene rings is 2. The fourth-order valence-electron chi connectivity index (χ4n) is 1.59. The van der Waals surface area contributed by atoms with Gasteiger partial charge in [0.2, 0.25) is 0 Å². The van der Waals surface area contributed by atoms with Crippen LogP contribution in [0.2, 0.25) is 5.02 Å². The van der Waals surface area contributed by atoms with Crippen molar-refractivity contribution in [3.63, 3.8) is 0 Å². The lowest BCUT2D eigenvalue weighted by Gasteiger charge is -2.10. The van der Waals surface area contributed by atoms with Gasteiger partial charge in [-0.2, -0.15) is 0 Å². The van der Waals surface area contributed by atoms with E-state index in [2.05, 4.69) is 5.32 Å². The highest BCUT2D eigenvalue weighted by atomic mass is 35.5. The maximum Gasteiger partial charge on any atom is 0.289 e. The van der Waals surface area contributed by atoms with Crippen LogP contribution in [0.4, 0.5) is 21.5 Å². The zero-order chi connectivity index (χ0) is 17.4. The van der Waals surface area contributed by atoms with Crippen molar-refractivity contribution in [2.24, 2.45) is 0 Å². The van der Waals surface area contributed by atoms with Gasteiger partial charge in [0.15, 0.2) is 0 Å². The normalized spacial score (nSPS) is 9.61. The largest absolute Gasteiger partial charge is 0.378 e. The molecule has 0 atom stereocenters. The Balaban J connectivity index is 0.000000238. The molecule has 8 heteroatoms. The zero-order valence-electron chi connectivity index (χ0n) is 12.7. The third-order valence-electron chi connectivity index (χ3n) is 2.77. The van der Waals surface area contributed by atoms with E-state index in [1.165, 1.54) is 24.3 Å². The summed E-state index contributed by atoms with van der Waals surface area (Å²) in [4.78, 5) is 11.8. The fraction of sp³-hybridized carbons (Fsp3) is 0.200. The molecule has 0 aliphatic heterocycles. The summed E-state index contributed by atoms with van der Waals surface area (Å²) in [6, 6.07) is 10.6. The molecule has 0 unspecified atom stereocenters. The van der Waals surface area contributed by atoms with Gasteiger partial charge in [-0.05, 0) is 36.4 Å². The molecule has 0 fully saturated rings. The predicted molar refractivity (Wildman–Crippen MR) is 89.5 cm³/mol. The summed E-state index contributed by atoms with van der Waals surface area (Å²) in [6.45, 7) is -0.279. The van der Waals surface area contributed by atoms with E-state index >= 15 is 0 Å². The van der Waals surface area contributed by atoms with E-state index in [4.69, 9.17) is 16.7 Å². The lowest BCUT2D eigenvalue weighted by molar-refractivity contribution is -0.384. The Morgan fingerprint density at radius 1 is 1.26 bits per heavy atom. The maximum absolute atomic E-state index is 12.3. The Labute approximate surface area is 138 Å². The van der Waals surface area contributed by atoms with Crippen molar-refractivity contribution in [3.05, 3.63) is 63.4 Å². The van der Waals surface area contributed by atoms with Gasteiger partial charge < -0.3 is 15.3 Å². The van der Waals surface area contributed by atoms with Gasteiger partial charge >= 0.3 is 0 Å². The molecule has 0 heterocycles. The second-order valence-corrected chi connectivity index (χ2v) is 5.04. The average Bonchev–Trinajstić information content (AvgIpc) is 2.50. The Morgan fingerprint density at radius 2 is 1.87 bits per heavy atom. The smallest absolute Gasteiger partial charge is 0.289 e. The number of rotatable bonds is 4. The molecule has 6 nitrogen and oxygen atoms in total. The first-order valence-electron chi connectivity index (χ1n) is 6.56. The van der Waals surface area contributed by atoms with Crippen LogP contribution in [0.3, 0.4) is 0 Å². The van der Waals surface area contributed by atoms with Crippen molar-refractivity contribution in [1.29, 1.82) is 0 Å². The number of nitrogens with one attached hydrogen (secondary N) is 1. The lowest BCUT2D eigenvalue weighted by atomic mass is 10.3. The van der Waals surface area contributed by atoms with Crippen molar-refractivity contribution in [3.8, 4) is 0 Å². The summed E-state index contributed by atoms with van der Waals surface area (Å²) in [5, 5.41) is 21.5. The molecule has 0 bridgehead atoms. The number of nitrogens with zero attached hydrogens (tertiary/aromatic N) is 2. The molecule has 0 spiro atoms. The molecular weight excluding hydrogens is 325 g/mol. The second-order valence-electron chi connectivity index (χ2n) is 4.63. The SMILES string of the molecule is CN(C)c1ccc(F)cc1.O=[N+]([O-])c1cc(NCO)ccc1Cl. The van der Waals surface area contributed by atoms with Gasteiger partial charge in [-0.15, -0.1) is 0 Å². The summed E-state index contributed by atoms with van der Waals surface area (Å²) < 4.78 is 12.3. The first-order chi connectivity index (χ1) is 10.8. The average molecular weight is 342 g/mol. The van der Waals surface area contributed by atoms with Gasteiger partial charge in [0, 0.05) is 31.5 Å². The Morgan fingerprint density at radius 3 is 2.35 bits per heavy atom. The number of hydrogen-bond acceptors (Lipinski definition) is 5. The zero-order valence-corrected chi connectivity index (χ0v) is 13.4. The summed E-state index contributed by atoms with van der Waals surface area (Å²) in [6.07, 6.45) is 0. The van der Waals surface area contributed by atoms with Crippen LogP contribution in [0.1, 0.15) is 0 Å². The summed E-state index contributed by atoms with van der Waals surface area (Å²) >= 11 is 5.56. The minimum Gasteiger partial charge on any atom is -0.378 e. The second kappa shape index (κ2) is 8.92. The van der Waals surface area contributed by atoms with Gasteiger partial charge in [0.25, 0.3) is 5.69 Å². The van der Waals surface area contributed by atoms with Crippen molar-refractivity contribution in [1.82, 2.24) is 0 Å². The van der Waals surface area contributed by atoms with Gasteiger partial charge in [-0.1, -0.05) is 11.6 Å². The lowest BCUT2D eigenvalue weighted by Crippen LogP contribution is -2.07. The van der Waals surface area contributed by atoms with Crippen molar-refractivity contribution < 1.29 is 14.4 Å². The first-order valence-corrected chi connectivity index (χ1v) is 6.94. The highest BCUT2D eigenvalue weighted by Gasteiger charge is 2.11. The van der Waals surface area contributed by atoms with Crippen LogP contribution < -0.4 is 10.2 Å². The Hall–Kier alpha value is -2.38. The highest BCUT2D eigenvalue weighted by molar-refractivity contribution is 6.32. The van der Waals surface area contributed by atoms with Crippen LogP contribution in [0.15, 0.2) is 42.5 Å². The molecule has 124 valence electrons. The predicted octanol–water partition coefficient (Wildman–Crippen LogP) is 3.50. The van der Waals surface area contributed by atoms with Gasteiger partial charge in [-0.3, -0.25) is 10.1 Å². The summed E-state index contributed by atoms with van der Waals surface area (Å²) in [7, 11) is 3.85. The molecule has 0 amide bonds. The van der Waals surface area contributed by atoms with Crippen LogP contribution in [0.5, 0.6) is 0 Å². The summed E-state index contributed by atoms with van der Waals surface area (Å²) in [5.41, 5.74) is 1.29. The quantitative estimate of drug-likeness (QED) is 0.505. The standard InChI is InChI=1S/C8H10FN.C7H7ClN2O3/c1-10(2)8-5-3-7(9)4-6-8;8-6-2-1-5(9-4-11)3-7(6)10(12)13/h3-6H,1-2H3;1-3,9,11H,4H2. The molecule has 2 rings (SSSR count). The van der Waals surface area contributed by atoms with Crippen LogP contribution in [-0.2, 0) is 0 Å². The van der Waals surface area contributed by atoms with E-state index in [0.717, 1.165) is 5.69 Å². The van der Waals surface area contributed by atoms with E-state index < -0.39 is 4.92 Å². The third-order valence-corrected chi connectivity index (χ3v) is 3.09. The molecule has 0 aliphatic rings. The number of nitro groups is 1. The molecule has 0 aliphatic carbocycles. The fourth-order valence-corrected chi connectivity index (χ4v) is 1.78. The monoisotopic (exact) mass is 341 g/mol. The Bertz CT molecular complexity index is 651. The number of hydrogen-bond donors (Lipinski definition) is 2. The Kier molecular flexibility index (Phi) is 7.24. The van der Waals surface area contributed by atoms with Crippen LogP contribution in [-0.4, -0.2) is 30.9 Å². The molecule has 2 aromatic carbocycles. The molecule has 2 aromatic rings. The molecule has 0 saturated carbocycles. The van der Waals surface area contributed by atoms with Gasteiger partial charge in [0.1, 0.15) is 17.6 Å². The third kappa shape index (κ3) is 6.09. The van der Waals surface area contributed by atoms with E-state index in [1.807, 2.05) is 19.0 Å². The molecule has 0 aromatic heterocycles. The molecule has 0 saturated heterocycles. The van der Waals surface area contributed by atoms with E-state index in [1.54, 1.807) is 18.2 Å². The topological polar surface area (TPSA) is 78.6 Å².